The van der Waals surface area contributed by atoms with Crippen LogP contribution in [0.25, 0.3) is 11.4 Å². The molecule has 1 heterocycles. The van der Waals surface area contributed by atoms with Crippen molar-refractivity contribution in [1.82, 2.24) is 14.8 Å². The van der Waals surface area contributed by atoms with Crippen molar-refractivity contribution in [2.45, 2.75) is 13.5 Å². The number of aromatic nitrogens is 3. The van der Waals surface area contributed by atoms with Gasteiger partial charge < -0.3 is 9.88 Å². The molecule has 0 fully saturated rings. The third-order valence-electron chi connectivity index (χ3n) is 3.51. The summed E-state index contributed by atoms with van der Waals surface area (Å²) in [5.41, 5.74) is 1.37. The number of carbonyl (C=O) groups excluding carboxylic acids is 1. The van der Waals surface area contributed by atoms with Gasteiger partial charge >= 0.3 is 0 Å². The minimum absolute atomic E-state index is 0.0136. The highest BCUT2D eigenvalue weighted by Crippen LogP contribution is 2.22. The van der Waals surface area contributed by atoms with Gasteiger partial charge in [-0.05, 0) is 37.3 Å². The molecule has 1 N–H and O–H groups in total. The summed E-state index contributed by atoms with van der Waals surface area (Å²) in [5, 5.41) is 10.7. The summed E-state index contributed by atoms with van der Waals surface area (Å²) in [5.74, 6) is -0.374. The first-order valence-electron chi connectivity index (χ1n) is 7.33. The van der Waals surface area contributed by atoms with Gasteiger partial charge in [0, 0.05) is 22.3 Å². The molecule has 24 heavy (non-hydrogen) atoms. The average molecular weight is 389 g/mol. The second-order valence-electron chi connectivity index (χ2n) is 5.10. The van der Waals surface area contributed by atoms with Gasteiger partial charge in [0.2, 0.25) is 0 Å². The van der Waals surface area contributed by atoms with Crippen LogP contribution in [0.1, 0.15) is 17.3 Å². The van der Waals surface area contributed by atoms with Gasteiger partial charge in [-0.15, -0.1) is 10.2 Å². The standard InChI is InChI=1S/C17H14BrFN4O/c1-2-23-10-20-22-16(23)11-4-3-5-13(8-11)21-17(24)14-7-6-12(18)9-15(14)19/h3-10H,2H2,1H3,(H,21,24). The van der Waals surface area contributed by atoms with Crippen LogP contribution in [-0.4, -0.2) is 20.7 Å². The Morgan fingerprint density at radius 1 is 1.29 bits per heavy atom. The van der Waals surface area contributed by atoms with Gasteiger partial charge in [0.25, 0.3) is 5.91 Å². The fourth-order valence-corrected chi connectivity index (χ4v) is 2.65. The van der Waals surface area contributed by atoms with E-state index in [4.69, 9.17) is 0 Å². The lowest BCUT2D eigenvalue weighted by Gasteiger charge is -2.09. The Bertz CT molecular complexity index is 894. The fraction of sp³-hybridized carbons (Fsp3) is 0.118. The van der Waals surface area contributed by atoms with Gasteiger partial charge in [0.1, 0.15) is 12.1 Å². The van der Waals surface area contributed by atoms with Gasteiger partial charge in [-0.25, -0.2) is 4.39 Å². The molecule has 0 unspecified atom stereocenters. The molecule has 7 heteroatoms. The van der Waals surface area contributed by atoms with E-state index in [9.17, 15) is 9.18 Å². The first-order valence-corrected chi connectivity index (χ1v) is 8.12. The van der Waals surface area contributed by atoms with Gasteiger partial charge in [0.05, 0.1) is 5.56 Å². The number of benzene rings is 2. The Labute approximate surface area is 146 Å². The maximum absolute atomic E-state index is 13.9. The number of halogens is 2. The minimum Gasteiger partial charge on any atom is -0.322 e. The molecule has 3 aromatic rings. The third-order valence-corrected chi connectivity index (χ3v) is 4.00. The van der Waals surface area contributed by atoms with Crippen LogP contribution in [0.15, 0.2) is 53.3 Å². The normalized spacial score (nSPS) is 10.6. The molecule has 0 saturated carbocycles. The molecule has 0 radical (unpaired) electrons. The number of nitrogens with one attached hydrogen (secondary N) is 1. The number of anilines is 1. The first-order chi connectivity index (χ1) is 11.6. The summed E-state index contributed by atoms with van der Waals surface area (Å²) < 4.78 is 16.4. The second kappa shape index (κ2) is 6.92. The summed E-state index contributed by atoms with van der Waals surface area (Å²) in [6.07, 6.45) is 1.65. The predicted molar refractivity (Wildman–Crippen MR) is 93.2 cm³/mol. The summed E-state index contributed by atoms with van der Waals surface area (Å²) in [4.78, 5) is 12.3. The highest BCUT2D eigenvalue weighted by molar-refractivity contribution is 9.10. The molecule has 2 aromatic carbocycles. The van der Waals surface area contributed by atoms with E-state index in [0.29, 0.717) is 16.0 Å². The van der Waals surface area contributed by atoms with Crippen molar-refractivity contribution in [1.29, 1.82) is 0 Å². The average Bonchev–Trinajstić information content (AvgIpc) is 3.03. The second-order valence-corrected chi connectivity index (χ2v) is 6.02. The minimum atomic E-state index is -0.580. The fourth-order valence-electron chi connectivity index (χ4n) is 2.32. The van der Waals surface area contributed by atoms with E-state index in [-0.39, 0.29) is 5.56 Å². The van der Waals surface area contributed by atoms with E-state index in [1.165, 1.54) is 12.1 Å². The van der Waals surface area contributed by atoms with Gasteiger partial charge in [-0.2, -0.15) is 0 Å². The monoisotopic (exact) mass is 388 g/mol. The number of aryl methyl sites for hydroxylation is 1. The summed E-state index contributed by atoms with van der Waals surface area (Å²) >= 11 is 3.17. The number of hydrogen-bond acceptors (Lipinski definition) is 3. The van der Waals surface area contributed by atoms with E-state index < -0.39 is 11.7 Å². The summed E-state index contributed by atoms with van der Waals surface area (Å²) in [6, 6.07) is 11.5. The molecule has 0 aliphatic carbocycles. The van der Waals surface area contributed by atoms with Crippen molar-refractivity contribution in [3.8, 4) is 11.4 Å². The molecular weight excluding hydrogens is 375 g/mol. The van der Waals surface area contributed by atoms with E-state index >= 15 is 0 Å². The Balaban J connectivity index is 1.86. The van der Waals surface area contributed by atoms with Crippen LogP contribution in [-0.2, 0) is 6.54 Å². The zero-order valence-electron chi connectivity index (χ0n) is 12.8. The first kappa shape index (κ1) is 16.3. The largest absolute Gasteiger partial charge is 0.322 e. The lowest BCUT2D eigenvalue weighted by Crippen LogP contribution is -2.13. The molecule has 122 valence electrons. The van der Waals surface area contributed by atoms with Crippen molar-refractivity contribution in [3.05, 3.63) is 64.6 Å². The number of rotatable bonds is 4. The lowest BCUT2D eigenvalue weighted by molar-refractivity contribution is 0.102. The number of amides is 1. The molecule has 5 nitrogen and oxygen atoms in total. The van der Waals surface area contributed by atoms with E-state index in [2.05, 4.69) is 31.4 Å². The molecule has 0 aliphatic heterocycles. The predicted octanol–water partition coefficient (Wildman–Crippen LogP) is 4.12. The van der Waals surface area contributed by atoms with E-state index in [0.717, 1.165) is 12.1 Å². The van der Waals surface area contributed by atoms with Crippen molar-refractivity contribution in [3.63, 3.8) is 0 Å². The van der Waals surface area contributed by atoms with Crippen LogP contribution >= 0.6 is 15.9 Å². The highest BCUT2D eigenvalue weighted by Gasteiger charge is 2.13. The van der Waals surface area contributed by atoms with Crippen molar-refractivity contribution in [2.75, 3.05) is 5.32 Å². The molecule has 0 bridgehead atoms. The highest BCUT2D eigenvalue weighted by atomic mass is 79.9. The van der Waals surface area contributed by atoms with Crippen molar-refractivity contribution >= 4 is 27.5 Å². The van der Waals surface area contributed by atoms with Crippen LogP contribution in [0.5, 0.6) is 0 Å². The molecule has 0 saturated heterocycles. The molecular formula is C17H14BrFN4O. The molecule has 1 amide bonds. The van der Waals surface area contributed by atoms with Gasteiger partial charge in [-0.1, -0.05) is 28.1 Å². The van der Waals surface area contributed by atoms with Crippen LogP contribution in [0.4, 0.5) is 10.1 Å². The number of hydrogen-bond donors (Lipinski definition) is 1. The molecule has 0 atom stereocenters. The van der Waals surface area contributed by atoms with E-state index in [1.807, 2.05) is 17.6 Å². The van der Waals surface area contributed by atoms with Crippen molar-refractivity contribution in [2.24, 2.45) is 0 Å². The van der Waals surface area contributed by atoms with E-state index in [1.54, 1.807) is 30.6 Å². The van der Waals surface area contributed by atoms with Gasteiger partial charge in [-0.3, -0.25) is 4.79 Å². The number of nitrogens with zero attached hydrogens (tertiary/aromatic N) is 3. The van der Waals surface area contributed by atoms with Crippen molar-refractivity contribution < 1.29 is 9.18 Å². The topological polar surface area (TPSA) is 59.8 Å². The molecule has 1 aromatic heterocycles. The zero-order chi connectivity index (χ0) is 17.1. The lowest BCUT2D eigenvalue weighted by atomic mass is 10.1. The maximum atomic E-state index is 13.9. The Morgan fingerprint density at radius 2 is 2.12 bits per heavy atom. The summed E-state index contributed by atoms with van der Waals surface area (Å²) in [7, 11) is 0. The molecule has 0 spiro atoms. The van der Waals surface area contributed by atoms with Crippen LogP contribution < -0.4 is 5.32 Å². The number of carbonyl (C=O) groups is 1. The quantitative estimate of drug-likeness (QED) is 0.731. The van der Waals surface area contributed by atoms with Crippen LogP contribution in [0, 0.1) is 5.82 Å². The molecule has 3 rings (SSSR count). The third kappa shape index (κ3) is 3.35. The van der Waals surface area contributed by atoms with Crippen LogP contribution in [0.3, 0.4) is 0 Å². The van der Waals surface area contributed by atoms with Gasteiger partial charge in [0.15, 0.2) is 5.82 Å². The smallest absolute Gasteiger partial charge is 0.258 e. The Kier molecular flexibility index (Phi) is 4.71. The van der Waals surface area contributed by atoms with Crippen LogP contribution in [0.2, 0.25) is 0 Å². The Morgan fingerprint density at radius 3 is 2.88 bits per heavy atom. The zero-order valence-corrected chi connectivity index (χ0v) is 14.4. The Hall–Kier alpha value is -2.54. The molecule has 0 aliphatic rings. The SMILES string of the molecule is CCn1cnnc1-c1cccc(NC(=O)c2ccc(Br)cc2F)c1. The maximum Gasteiger partial charge on any atom is 0.258 e. The summed E-state index contributed by atoms with van der Waals surface area (Å²) in [6.45, 7) is 2.73.